The number of carbonyl (C=O) groups is 1. The van der Waals surface area contributed by atoms with E-state index in [4.69, 9.17) is 4.42 Å². The fourth-order valence-corrected chi connectivity index (χ4v) is 6.09. The number of amides is 1. The van der Waals surface area contributed by atoms with E-state index in [9.17, 15) is 13.2 Å². The van der Waals surface area contributed by atoms with Gasteiger partial charge in [-0.15, -0.1) is 0 Å². The molecule has 31 heavy (non-hydrogen) atoms. The number of furan rings is 1. The number of rotatable bonds is 5. The number of aryl methyl sites for hydroxylation is 2. The number of benzene rings is 1. The molecule has 0 bridgehead atoms. The molecule has 0 spiro atoms. The molecular formula is C23H31N3O4S. The Bertz CT molecular complexity index is 1040. The van der Waals surface area contributed by atoms with Gasteiger partial charge in [-0.25, -0.2) is 8.42 Å². The van der Waals surface area contributed by atoms with Gasteiger partial charge in [0.2, 0.25) is 10.0 Å². The molecule has 7 nitrogen and oxygen atoms in total. The smallest absolute Gasteiger partial charge is 0.289 e. The summed E-state index contributed by atoms with van der Waals surface area (Å²) in [6.07, 6.45) is 2.61. The third kappa shape index (κ3) is 4.71. The standard InChI is InChI=1S/C23H31N3O4S/c1-18-8-3-4-9-20(18)17-24-10-7-11-25(15-14-24)23(27)21-16-22(19(2)30-21)31(28,29)26-12-5-6-13-26/h3-4,8-9,16H,5-7,10-15,17H2,1-2H3. The minimum Gasteiger partial charge on any atom is -0.455 e. The summed E-state index contributed by atoms with van der Waals surface area (Å²) in [6.45, 7) is 8.59. The second-order valence-corrected chi connectivity index (χ2v) is 10.4. The summed E-state index contributed by atoms with van der Waals surface area (Å²) >= 11 is 0. The van der Waals surface area contributed by atoms with Crippen molar-refractivity contribution in [2.45, 2.75) is 44.6 Å². The Hall–Kier alpha value is -2.16. The average molecular weight is 446 g/mol. The van der Waals surface area contributed by atoms with Gasteiger partial charge in [-0.3, -0.25) is 9.69 Å². The molecule has 2 fully saturated rings. The molecule has 0 N–H and O–H groups in total. The van der Waals surface area contributed by atoms with Gasteiger partial charge in [0.1, 0.15) is 10.7 Å². The van der Waals surface area contributed by atoms with Crippen LogP contribution in [-0.4, -0.2) is 67.7 Å². The van der Waals surface area contributed by atoms with Crippen molar-refractivity contribution in [3.05, 3.63) is 53.0 Å². The van der Waals surface area contributed by atoms with E-state index in [0.717, 1.165) is 38.9 Å². The van der Waals surface area contributed by atoms with Crippen molar-refractivity contribution in [1.29, 1.82) is 0 Å². The van der Waals surface area contributed by atoms with E-state index >= 15 is 0 Å². The highest BCUT2D eigenvalue weighted by molar-refractivity contribution is 7.89. The second kappa shape index (κ2) is 9.14. The van der Waals surface area contributed by atoms with Gasteiger partial charge in [0, 0.05) is 51.9 Å². The van der Waals surface area contributed by atoms with Crippen molar-refractivity contribution in [3.8, 4) is 0 Å². The van der Waals surface area contributed by atoms with E-state index in [1.807, 2.05) is 6.07 Å². The van der Waals surface area contributed by atoms with E-state index in [2.05, 4.69) is 30.0 Å². The van der Waals surface area contributed by atoms with Crippen molar-refractivity contribution < 1.29 is 17.6 Å². The Kier molecular flexibility index (Phi) is 6.50. The largest absolute Gasteiger partial charge is 0.455 e. The first-order chi connectivity index (χ1) is 14.9. The van der Waals surface area contributed by atoms with Crippen LogP contribution in [0.25, 0.3) is 0 Å². The van der Waals surface area contributed by atoms with Crippen molar-refractivity contribution in [1.82, 2.24) is 14.1 Å². The second-order valence-electron chi connectivity index (χ2n) is 8.49. The van der Waals surface area contributed by atoms with Crippen LogP contribution in [0.15, 0.2) is 39.6 Å². The SMILES string of the molecule is Cc1ccccc1CN1CCCN(C(=O)c2cc(S(=O)(=O)N3CCCC3)c(C)o2)CC1. The zero-order valence-corrected chi connectivity index (χ0v) is 19.2. The quantitative estimate of drug-likeness (QED) is 0.707. The summed E-state index contributed by atoms with van der Waals surface area (Å²) in [7, 11) is -3.61. The Morgan fingerprint density at radius 2 is 1.71 bits per heavy atom. The average Bonchev–Trinajstić information content (AvgIpc) is 3.36. The molecule has 0 saturated carbocycles. The van der Waals surface area contributed by atoms with E-state index in [1.54, 1.807) is 11.8 Å². The molecule has 2 aliphatic rings. The number of nitrogens with zero attached hydrogens (tertiary/aromatic N) is 3. The fourth-order valence-electron chi connectivity index (χ4n) is 4.41. The van der Waals surface area contributed by atoms with Crippen molar-refractivity contribution in [2.24, 2.45) is 0 Å². The molecule has 0 unspecified atom stereocenters. The summed E-state index contributed by atoms with van der Waals surface area (Å²) in [5.74, 6) is 0.164. The highest BCUT2D eigenvalue weighted by Gasteiger charge is 2.33. The maximum absolute atomic E-state index is 13.1. The molecule has 0 aliphatic carbocycles. The molecule has 1 aromatic carbocycles. The van der Waals surface area contributed by atoms with Crippen LogP contribution >= 0.6 is 0 Å². The molecule has 0 radical (unpaired) electrons. The first-order valence-electron chi connectivity index (χ1n) is 11.0. The zero-order chi connectivity index (χ0) is 22.0. The lowest BCUT2D eigenvalue weighted by Gasteiger charge is -2.22. The van der Waals surface area contributed by atoms with Crippen LogP contribution in [0.5, 0.6) is 0 Å². The van der Waals surface area contributed by atoms with Crippen LogP contribution in [0.1, 0.15) is 46.7 Å². The minimum absolute atomic E-state index is 0.114. The Morgan fingerprint density at radius 3 is 2.45 bits per heavy atom. The van der Waals surface area contributed by atoms with Crippen LogP contribution in [0.4, 0.5) is 0 Å². The lowest BCUT2D eigenvalue weighted by atomic mass is 10.1. The molecule has 8 heteroatoms. The monoisotopic (exact) mass is 445 g/mol. The van der Waals surface area contributed by atoms with Crippen molar-refractivity contribution >= 4 is 15.9 Å². The van der Waals surface area contributed by atoms with E-state index < -0.39 is 10.0 Å². The van der Waals surface area contributed by atoms with Crippen LogP contribution in [0.3, 0.4) is 0 Å². The van der Waals surface area contributed by atoms with Crippen molar-refractivity contribution in [2.75, 3.05) is 39.3 Å². The van der Waals surface area contributed by atoms with Gasteiger partial charge in [-0.05, 0) is 44.2 Å². The molecule has 4 rings (SSSR count). The van der Waals surface area contributed by atoms with Gasteiger partial charge in [-0.1, -0.05) is 24.3 Å². The number of hydrogen-bond acceptors (Lipinski definition) is 5. The lowest BCUT2D eigenvalue weighted by molar-refractivity contribution is 0.0727. The zero-order valence-electron chi connectivity index (χ0n) is 18.3. The lowest BCUT2D eigenvalue weighted by Crippen LogP contribution is -2.35. The van der Waals surface area contributed by atoms with Crippen LogP contribution in [0.2, 0.25) is 0 Å². The highest BCUT2D eigenvalue weighted by Crippen LogP contribution is 2.27. The molecule has 1 aromatic heterocycles. The van der Waals surface area contributed by atoms with Crippen LogP contribution < -0.4 is 0 Å². The maximum atomic E-state index is 13.1. The van der Waals surface area contributed by atoms with Gasteiger partial charge in [0.05, 0.1) is 0 Å². The summed E-state index contributed by atoms with van der Waals surface area (Å²) in [4.78, 5) is 17.4. The van der Waals surface area contributed by atoms with Gasteiger partial charge < -0.3 is 9.32 Å². The summed E-state index contributed by atoms with van der Waals surface area (Å²) in [5, 5.41) is 0. The van der Waals surface area contributed by atoms with E-state index in [-0.39, 0.29) is 22.3 Å². The third-order valence-corrected chi connectivity index (χ3v) is 8.30. The molecule has 3 heterocycles. The third-order valence-electron chi connectivity index (χ3n) is 6.30. The Balaban J connectivity index is 1.44. The molecule has 2 aromatic rings. The molecule has 2 saturated heterocycles. The van der Waals surface area contributed by atoms with Crippen LogP contribution in [-0.2, 0) is 16.6 Å². The number of hydrogen-bond donors (Lipinski definition) is 0. The maximum Gasteiger partial charge on any atom is 0.289 e. The first kappa shape index (κ1) is 22.0. The van der Waals surface area contributed by atoms with Gasteiger partial charge in [0.15, 0.2) is 5.76 Å². The fraction of sp³-hybridized carbons (Fsp3) is 0.522. The van der Waals surface area contributed by atoms with Gasteiger partial charge in [0.25, 0.3) is 5.91 Å². The summed E-state index contributed by atoms with van der Waals surface area (Å²) in [5.41, 5.74) is 2.58. The number of sulfonamides is 1. The molecule has 168 valence electrons. The van der Waals surface area contributed by atoms with Gasteiger partial charge in [-0.2, -0.15) is 4.31 Å². The predicted octanol–water partition coefficient (Wildman–Crippen LogP) is 3.03. The first-order valence-corrected chi connectivity index (χ1v) is 12.5. The predicted molar refractivity (Wildman–Crippen MR) is 118 cm³/mol. The van der Waals surface area contributed by atoms with Crippen LogP contribution in [0, 0.1) is 13.8 Å². The van der Waals surface area contributed by atoms with E-state index in [0.29, 0.717) is 26.2 Å². The molecule has 0 atom stereocenters. The molecular weight excluding hydrogens is 414 g/mol. The molecule has 1 amide bonds. The van der Waals surface area contributed by atoms with Gasteiger partial charge >= 0.3 is 0 Å². The normalized spacial score (nSPS) is 19.0. The van der Waals surface area contributed by atoms with E-state index in [1.165, 1.54) is 21.5 Å². The summed E-state index contributed by atoms with van der Waals surface area (Å²) in [6, 6.07) is 9.79. The number of carbonyl (C=O) groups excluding carboxylic acids is 1. The topological polar surface area (TPSA) is 74.1 Å². The summed E-state index contributed by atoms with van der Waals surface area (Å²) < 4.78 is 32.9. The molecule has 2 aliphatic heterocycles. The highest BCUT2D eigenvalue weighted by atomic mass is 32.2. The van der Waals surface area contributed by atoms with Crippen molar-refractivity contribution in [3.63, 3.8) is 0 Å². The Labute approximate surface area is 184 Å². The Morgan fingerprint density at radius 1 is 0.968 bits per heavy atom. The minimum atomic E-state index is -3.61.